The summed E-state index contributed by atoms with van der Waals surface area (Å²) in [5.74, 6) is -0.180. The fourth-order valence-corrected chi connectivity index (χ4v) is 2.29. The molecule has 106 valence electrons. The van der Waals surface area contributed by atoms with Gasteiger partial charge in [-0.2, -0.15) is 0 Å². The number of imidazole rings is 1. The largest absolute Gasteiger partial charge is 0.348 e. The number of carbonyl (C=O) groups excluding carboxylic acids is 1. The molecule has 6 heteroatoms. The monoisotopic (exact) mass is 300 g/mol. The third-order valence-electron chi connectivity index (χ3n) is 3.23. The number of aryl methyl sites for hydroxylation is 1. The van der Waals surface area contributed by atoms with Crippen LogP contribution in [0.4, 0.5) is 0 Å². The maximum absolute atomic E-state index is 12.0. The second kappa shape index (κ2) is 5.54. The van der Waals surface area contributed by atoms with Crippen LogP contribution in [0.2, 0.25) is 5.15 Å². The molecule has 1 amide bonds. The normalized spacial score (nSPS) is 10.8. The van der Waals surface area contributed by atoms with Gasteiger partial charge in [-0.05, 0) is 29.8 Å². The smallest absolute Gasteiger partial charge is 0.251 e. The van der Waals surface area contributed by atoms with Crippen LogP contribution < -0.4 is 5.32 Å². The summed E-state index contributed by atoms with van der Waals surface area (Å²) in [5, 5.41) is 3.16. The fourth-order valence-electron chi connectivity index (χ4n) is 2.12. The Balaban J connectivity index is 1.72. The number of pyridine rings is 1. The first kappa shape index (κ1) is 13.6. The maximum atomic E-state index is 12.0. The number of carbonyl (C=O) groups is 1. The lowest BCUT2D eigenvalue weighted by molar-refractivity contribution is 0.0951. The minimum atomic E-state index is -0.180. The topological polar surface area (TPSA) is 59.8 Å². The van der Waals surface area contributed by atoms with Gasteiger partial charge in [0.25, 0.3) is 5.91 Å². The number of amides is 1. The van der Waals surface area contributed by atoms with Crippen LogP contribution >= 0.6 is 11.6 Å². The van der Waals surface area contributed by atoms with Crippen molar-refractivity contribution in [1.29, 1.82) is 0 Å². The average molecular weight is 301 g/mol. The van der Waals surface area contributed by atoms with E-state index in [1.807, 2.05) is 29.8 Å². The molecular formula is C15H13ClN4O. The third kappa shape index (κ3) is 2.87. The molecule has 5 nitrogen and oxygen atoms in total. The molecule has 1 aromatic carbocycles. The van der Waals surface area contributed by atoms with Crippen molar-refractivity contribution >= 4 is 28.5 Å². The summed E-state index contributed by atoms with van der Waals surface area (Å²) in [4.78, 5) is 20.2. The van der Waals surface area contributed by atoms with Crippen molar-refractivity contribution in [3.05, 3.63) is 59.1 Å². The number of fused-ring (bicyclic) bond motifs is 1. The lowest BCUT2D eigenvalue weighted by Crippen LogP contribution is -2.22. The van der Waals surface area contributed by atoms with E-state index >= 15 is 0 Å². The first-order valence-electron chi connectivity index (χ1n) is 6.43. The van der Waals surface area contributed by atoms with Gasteiger partial charge >= 0.3 is 0 Å². The van der Waals surface area contributed by atoms with Gasteiger partial charge in [-0.3, -0.25) is 4.79 Å². The summed E-state index contributed by atoms with van der Waals surface area (Å²) in [7, 11) is 1.95. The molecule has 0 spiro atoms. The Morgan fingerprint density at radius 1 is 1.29 bits per heavy atom. The van der Waals surface area contributed by atoms with Crippen molar-refractivity contribution in [3.8, 4) is 0 Å². The summed E-state index contributed by atoms with van der Waals surface area (Å²) >= 11 is 5.77. The van der Waals surface area contributed by atoms with Gasteiger partial charge in [-0.15, -0.1) is 0 Å². The molecule has 2 heterocycles. The highest BCUT2D eigenvalue weighted by Crippen LogP contribution is 2.14. The van der Waals surface area contributed by atoms with E-state index in [0.717, 1.165) is 16.6 Å². The Morgan fingerprint density at radius 2 is 2.14 bits per heavy atom. The quantitative estimate of drug-likeness (QED) is 0.756. The van der Waals surface area contributed by atoms with Gasteiger partial charge in [0.2, 0.25) is 0 Å². The molecule has 0 saturated heterocycles. The number of nitrogens with zero attached hydrogens (tertiary/aromatic N) is 3. The first-order chi connectivity index (χ1) is 10.1. The molecule has 3 rings (SSSR count). The van der Waals surface area contributed by atoms with Gasteiger partial charge in [0.1, 0.15) is 5.15 Å². The van der Waals surface area contributed by atoms with Crippen LogP contribution in [0.25, 0.3) is 11.0 Å². The van der Waals surface area contributed by atoms with Crippen molar-refractivity contribution in [2.45, 2.75) is 6.54 Å². The average Bonchev–Trinajstić information content (AvgIpc) is 2.86. The lowest BCUT2D eigenvalue weighted by Gasteiger charge is -2.06. The van der Waals surface area contributed by atoms with E-state index in [-0.39, 0.29) is 5.91 Å². The molecule has 2 aromatic heterocycles. The second-order valence-corrected chi connectivity index (χ2v) is 5.12. The highest BCUT2D eigenvalue weighted by molar-refractivity contribution is 6.29. The van der Waals surface area contributed by atoms with Gasteiger partial charge in [0, 0.05) is 25.4 Å². The van der Waals surface area contributed by atoms with Crippen molar-refractivity contribution in [3.63, 3.8) is 0 Å². The zero-order valence-electron chi connectivity index (χ0n) is 11.4. The van der Waals surface area contributed by atoms with Gasteiger partial charge in [0.15, 0.2) is 0 Å². The summed E-state index contributed by atoms with van der Waals surface area (Å²) < 4.78 is 1.96. The molecule has 0 radical (unpaired) electrons. The molecule has 0 aliphatic carbocycles. The minimum absolute atomic E-state index is 0.180. The van der Waals surface area contributed by atoms with E-state index in [0.29, 0.717) is 17.3 Å². The Labute approximate surface area is 126 Å². The summed E-state index contributed by atoms with van der Waals surface area (Å²) in [5.41, 5.74) is 3.46. The molecular weight excluding hydrogens is 288 g/mol. The van der Waals surface area contributed by atoms with Gasteiger partial charge < -0.3 is 9.88 Å². The van der Waals surface area contributed by atoms with Crippen molar-refractivity contribution in [2.75, 3.05) is 0 Å². The zero-order chi connectivity index (χ0) is 14.8. The molecule has 0 unspecified atom stereocenters. The predicted octanol–water partition coefficient (Wildman–Crippen LogP) is 2.55. The maximum Gasteiger partial charge on any atom is 0.251 e. The molecule has 0 saturated carbocycles. The van der Waals surface area contributed by atoms with E-state index in [9.17, 15) is 4.79 Å². The van der Waals surface area contributed by atoms with E-state index in [2.05, 4.69) is 15.3 Å². The highest BCUT2D eigenvalue weighted by Gasteiger charge is 2.07. The van der Waals surface area contributed by atoms with Crippen LogP contribution in [0.1, 0.15) is 15.9 Å². The van der Waals surface area contributed by atoms with Gasteiger partial charge in [-0.1, -0.05) is 17.7 Å². The molecule has 3 aromatic rings. The zero-order valence-corrected chi connectivity index (χ0v) is 12.1. The lowest BCUT2D eigenvalue weighted by atomic mass is 10.2. The molecule has 0 atom stereocenters. The van der Waals surface area contributed by atoms with E-state index in [4.69, 9.17) is 11.6 Å². The van der Waals surface area contributed by atoms with Crippen LogP contribution in [-0.4, -0.2) is 20.4 Å². The van der Waals surface area contributed by atoms with Crippen molar-refractivity contribution < 1.29 is 4.79 Å². The first-order valence-corrected chi connectivity index (χ1v) is 6.81. The Kier molecular flexibility index (Phi) is 3.58. The van der Waals surface area contributed by atoms with Crippen LogP contribution in [0.5, 0.6) is 0 Å². The summed E-state index contributed by atoms with van der Waals surface area (Å²) in [6.07, 6.45) is 3.28. The molecule has 21 heavy (non-hydrogen) atoms. The molecule has 1 N–H and O–H groups in total. The molecule has 0 fully saturated rings. The van der Waals surface area contributed by atoms with Gasteiger partial charge in [0.05, 0.1) is 17.4 Å². The number of aromatic nitrogens is 3. The van der Waals surface area contributed by atoms with Crippen LogP contribution in [0.15, 0.2) is 42.9 Å². The summed E-state index contributed by atoms with van der Waals surface area (Å²) in [6, 6.07) is 9.11. The number of halogens is 1. The second-order valence-electron chi connectivity index (χ2n) is 4.73. The predicted molar refractivity (Wildman–Crippen MR) is 81.1 cm³/mol. The number of hydrogen-bond acceptors (Lipinski definition) is 3. The Morgan fingerprint density at radius 3 is 2.95 bits per heavy atom. The minimum Gasteiger partial charge on any atom is -0.348 e. The number of benzene rings is 1. The van der Waals surface area contributed by atoms with Crippen LogP contribution in [0, 0.1) is 0 Å². The molecule has 0 aliphatic heterocycles. The Bertz CT molecular complexity index is 812. The van der Waals surface area contributed by atoms with Gasteiger partial charge in [-0.25, -0.2) is 9.97 Å². The van der Waals surface area contributed by atoms with Crippen LogP contribution in [0.3, 0.4) is 0 Å². The fraction of sp³-hybridized carbons (Fsp3) is 0.133. The van der Waals surface area contributed by atoms with Crippen molar-refractivity contribution in [1.82, 2.24) is 19.9 Å². The standard InChI is InChI=1S/C15H13ClN4O/c1-20-9-19-12-6-10(2-3-13(12)20)8-18-15(21)11-4-5-17-14(16)7-11/h2-7,9H,8H2,1H3,(H,18,21). The van der Waals surface area contributed by atoms with E-state index in [1.165, 1.54) is 6.20 Å². The van der Waals surface area contributed by atoms with E-state index in [1.54, 1.807) is 18.5 Å². The number of rotatable bonds is 3. The van der Waals surface area contributed by atoms with E-state index < -0.39 is 0 Å². The molecule has 0 aliphatic rings. The number of hydrogen-bond donors (Lipinski definition) is 1. The highest BCUT2D eigenvalue weighted by atomic mass is 35.5. The third-order valence-corrected chi connectivity index (χ3v) is 3.44. The number of nitrogens with one attached hydrogen (secondary N) is 1. The van der Waals surface area contributed by atoms with Crippen LogP contribution in [-0.2, 0) is 13.6 Å². The molecule has 0 bridgehead atoms. The summed E-state index contributed by atoms with van der Waals surface area (Å²) in [6.45, 7) is 0.436. The SMILES string of the molecule is Cn1cnc2cc(CNC(=O)c3ccnc(Cl)c3)ccc21. The Hall–Kier alpha value is -2.40. The van der Waals surface area contributed by atoms with Crippen molar-refractivity contribution in [2.24, 2.45) is 7.05 Å².